The number of phosphoric ester groups is 1. The van der Waals surface area contributed by atoms with Gasteiger partial charge in [-0.2, -0.15) is 0 Å². The van der Waals surface area contributed by atoms with Crippen LogP contribution in [-0.4, -0.2) is 70.0 Å². The van der Waals surface area contributed by atoms with Crippen LogP contribution in [0.15, 0.2) is 24.3 Å². The summed E-state index contributed by atoms with van der Waals surface area (Å²) in [5.74, 6) is -0.841. The van der Waals surface area contributed by atoms with E-state index in [0.717, 1.165) is 64.2 Å². The molecule has 0 radical (unpaired) electrons. The van der Waals surface area contributed by atoms with Gasteiger partial charge in [0.05, 0.1) is 27.7 Å². The van der Waals surface area contributed by atoms with Crippen molar-refractivity contribution in [1.29, 1.82) is 0 Å². The largest absolute Gasteiger partial charge is 0.756 e. The summed E-state index contributed by atoms with van der Waals surface area (Å²) in [6, 6.07) is 0. The first-order valence-corrected chi connectivity index (χ1v) is 25.5. The number of allylic oxidation sites excluding steroid dienone is 4. The van der Waals surface area contributed by atoms with Crippen LogP contribution in [0.4, 0.5) is 0 Å². The maximum absolute atomic E-state index is 12.7. The molecule has 0 aliphatic rings. The molecule has 0 aromatic rings. The summed E-state index contributed by atoms with van der Waals surface area (Å²) in [6.45, 7) is 4.20. The first-order chi connectivity index (χ1) is 28.0. The van der Waals surface area contributed by atoms with Crippen LogP contribution in [-0.2, 0) is 32.7 Å². The molecule has 58 heavy (non-hydrogen) atoms. The van der Waals surface area contributed by atoms with Crippen molar-refractivity contribution in [3.8, 4) is 0 Å². The molecule has 0 N–H and O–H groups in total. The number of likely N-dealkylation sites (N-methyl/N-ethyl adjacent to an activating group) is 1. The van der Waals surface area contributed by atoms with Crippen molar-refractivity contribution in [3.05, 3.63) is 24.3 Å². The Morgan fingerprint density at radius 3 is 1.33 bits per heavy atom. The van der Waals surface area contributed by atoms with E-state index in [2.05, 4.69) is 38.2 Å². The Bertz CT molecular complexity index is 1040. The average molecular weight is 842 g/mol. The lowest BCUT2D eigenvalue weighted by Gasteiger charge is -2.28. The zero-order chi connectivity index (χ0) is 42.8. The predicted octanol–water partition coefficient (Wildman–Crippen LogP) is 13.3. The lowest BCUT2D eigenvalue weighted by molar-refractivity contribution is -0.870. The van der Waals surface area contributed by atoms with Gasteiger partial charge >= 0.3 is 11.9 Å². The number of hydrogen-bond acceptors (Lipinski definition) is 8. The lowest BCUT2D eigenvalue weighted by atomic mass is 10.0. The number of carbonyl (C=O) groups is 2. The van der Waals surface area contributed by atoms with E-state index >= 15 is 0 Å². The molecule has 0 aromatic heterocycles. The van der Waals surface area contributed by atoms with Gasteiger partial charge in [0.2, 0.25) is 0 Å². The number of nitrogens with zero attached hydrogens (tertiary/aromatic N) is 1. The van der Waals surface area contributed by atoms with Crippen LogP contribution in [0.5, 0.6) is 0 Å². The predicted molar refractivity (Wildman–Crippen MR) is 241 cm³/mol. The highest BCUT2D eigenvalue weighted by Gasteiger charge is 2.21. The van der Waals surface area contributed by atoms with Crippen molar-refractivity contribution in [2.24, 2.45) is 0 Å². The SMILES string of the molecule is CCCC/C=C\CCCCCCCC(=O)OCC(COP(=O)([O-])OCC[N+](C)(C)C)OC(=O)CCCCCCCCCCCCC/C=C\CCCCCCCCCC. The fraction of sp³-hybridized carbons (Fsp3) is 0.875. The third-order valence-corrected chi connectivity index (χ3v) is 11.4. The van der Waals surface area contributed by atoms with Gasteiger partial charge in [0, 0.05) is 12.8 Å². The molecule has 342 valence electrons. The van der Waals surface area contributed by atoms with Gasteiger partial charge < -0.3 is 27.9 Å². The molecule has 10 heteroatoms. The van der Waals surface area contributed by atoms with Crippen LogP contribution in [0.25, 0.3) is 0 Å². The van der Waals surface area contributed by atoms with E-state index < -0.39 is 32.5 Å². The van der Waals surface area contributed by atoms with Gasteiger partial charge in [0.15, 0.2) is 6.10 Å². The van der Waals surface area contributed by atoms with Crippen molar-refractivity contribution in [3.63, 3.8) is 0 Å². The van der Waals surface area contributed by atoms with Crippen molar-refractivity contribution in [1.82, 2.24) is 0 Å². The summed E-state index contributed by atoms with van der Waals surface area (Å²) in [7, 11) is 1.17. The Morgan fingerprint density at radius 1 is 0.517 bits per heavy atom. The molecule has 0 fully saturated rings. The zero-order valence-electron chi connectivity index (χ0n) is 38.5. The molecule has 2 unspecified atom stereocenters. The normalized spacial score (nSPS) is 13.7. The monoisotopic (exact) mass is 842 g/mol. The van der Waals surface area contributed by atoms with Crippen molar-refractivity contribution in [2.45, 2.75) is 225 Å². The summed E-state index contributed by atoms with van der Waals surface area (Å²) in [5.41, 5.74) is 0. The van der Waals surface area contributed by atoms with E-state index in [1.807, 2.05) is 21.1 Å². The molecule has 2 atom stereocenters. The molecular weight excluding hydrogens is 750 g/mol. The lowest BCUT2D eigenvalue weighted by Crippen LogP contribution is -2.37. The minimum absolute atomic E-state index is 0.0308. The van der Waals surface area contributed by atoms with Crippen molar-refractivity contribution < 1.29 is 42.1 Å². The van der Waals surface area contributed by atoms with Crippen LogP contribution < -0.4 is 4.89 Å². The summed E-state index contributed by atoms with van der Waals surface area (Å²) in [4.78, 5) is 37.5. The fourth-order valence-corrected chi connectivity index (χ4v) is 7.36. The van der Waals surface area contributed by atoms with Crippen molar-refractivity contribution in [2.75, 3.05) is 47.5 Å². The average Bonchev–Trinajstić information content (AvgIpc) is 3.17. The van der Waals surface area contributed by atoms with E-state index in [-0.39, 0.29) is 26.1 Å². The Hall–Kier alpha value is -1.51. The molecule has 0 aromatic carbocycles. The zero-order valence-corrected chi connectivity index (χ0v) is 39.4. The number of phosphoric acid groups is 1. The van der Waals surface area contributed by atoms with Gasteiger partial charge in [0.25, 0.3) is 7.82 Å². The second-order valence-electron chi connectivity index (χ2n) is 17.5. The van der Waals surface area contributed by atoms with Gasteiger partial charge in [-0.1, -0.05) is 173 Å². The second kappa shape index (κ2) is 40.9. The molecule has 0 amide bonds. The number of hydrogen-bond donors (Lipinski definition) is 0. The van der Waals surface area contributed by atoms with E-state index in [1.165, 1.54) is 122 Å². The molecule has 0 rings (SSSR count). The topological polar surface area (TPSA) is 111 Å². The van der Waals surface area contributed by atoms with E-state index in [4.69, 9.17) is 18.5 Å². The smallest absolute Gasteiger partial charge is 0.306 e. The fourth-order valence-electron chi connectivity index (χ4n) is 6.63. The summed E-state index contributed by atoms with van der Waals surface area (Å²) >= 11 is 0. The summed E-state index contributed by atoms with van der Waals surface area (Å²) in [5, 5.41) is 0. The maximum atomic E-state index is 12.7. The first-order valence-electron chi connectivity index (χ1n) is 24.0. The number of carbonyl (C=O) groups excluding carboxylic acids is 2. The highest BCUT2D eigenvalue weighted by Crippen LogP contribution is 2.38. The minimum Gasteiger partial charge on any atom is -0.756 e. The minimum atomic E-state index is -4.62. The molecule has 0 bridgehead atoms. The highest BCUT2D eigenvalue weighted by molar-refractivity contribution is 7.45. The highest BCUT2D eigenvalue weighted by atomic mass is 31.2. The quantitative estimate of drug-likeness (QED) is 0.0196. The molecule has 0 spiro atoms. The van der Waals surface area contributed by atoms with Crippen LogP contribution in [0.3, 0.4) is 0 Å². The molecule has 0 saturated heterocycles. The van der Waals surface area contributed by atoms with Gasteiger partial charge in [-0.3, -0.25) is 14.2 Å². The molecule has 0 aliphatic carbocycles. The van der Waals surface area contributed by atoms with E-state index in [0.29, 0.717) is 17.4 Å². The van der Waals surface area contributed by atoms with Crippen LogP contribution in [0.1, 0.15) is 219 Å². The number of esters is 2. The number of unbranched alkanes of at least 4 members (excludes halogenated alkanes) is 26. The van der Waals surface area contributed by atoms with Gasteiger partial charge in [-0.25, -0.2) is 0 Å². The van der Waals surface area contributed by atoms with Crippen LogP contribution >= 0.6 is 7.82 Å². The van der Waals surface area contributed by atoms with Crippen molar-refractivity contribution >= 4 is 19.8 Å². The molecule has 0 saturated carbocycles. The Kier molecular flexibility index (Phi) is 39.8. The van der Waals surface area contributed by atoms with Gasteiger partial charge in [0.1, 0.15) is 19.8 Å². The van der Waals surface area contributed by atoms with Gasteiger partial charge in [-0.15, -0.1) is 0 Å². The molecule has 0 aliphatic heterocycles. The Balaban J connectivity index is 4.20. The summed E-state index contributed by atoms with van der Waals surface area (Å²) < 4.78 is 33.9. The third kappa shape index (κ3) is 44.1. The molecular formula is C48H92NO8P. The number of ether oxygens (including phenoxy) is 2. The molecule has 9 nitrogen and oxygen atoms in total. The van der Waals surface area contributed by atoms with Gasteiger partial charge in [-0.05, 0) is 57.8 Å². The Morgan fingerprint density at radius 2 is 0.897 bits per heavy atom. The Labute approximate surface area is 358 Å². The second-order valence-corrected chi connectivity index (χ2v) is 18.9. The number of quaternary nitrogens is 1. The van der Waals surface area contributed by atoms with Crippen LogP contribution in [0.2, 0.25) is 0 Å². The van der Waals surface area contributed by atoms with E-state index in [9.17, 15) is 19.0 Å². The maximum Gasteiger partial charge on any atom is 0.306 e. The third-order valence-electron chi connectivity index (χ3n) is 10.4. The van der Waals surface area contributed by atoms with E-state index in [1.54, 1.807) is 0 Å². The standard InChI is InChI=1S/C48H92NO8P/c1-6-8-10-12-14-16-18-19-20-21-22-23-24-25-26-27-28-29-31-33-35-37-39-41-48(51)57-46(45-56-58(52,53)55-43-42-49(3,4)5)44-54-47(50)40-38-36-34-32-30-17-15-13-11-9-7-2/h13,15,21-22,46H,6-12,14,16-20,23-45H2,1-5H3/b15-13-,22-21-. The molecule has 0 heterocycles. The van der Waals surface area contributed by atoms with Crippen LogP contribution in [0, 0.1) is 0 Å². The first kappa shape index (κ1) is 56.5. The number of rotatable bonds is 44. The summed E-state index contributed by atoms with van der Waals surface area (Å²) in [6.07, 6.45) is 45.0.